The topological polar surface area (TPSA) is 69.7 Å². The minimum Gasteiger partial charge on any atom is -0.359 e. The molecule has 0 aliphatic carbocycles. The fourth-order valence-electron chi connectivity index (χ4n) is 4.59. The fourth-order valence-corrected chi connectivity index (χ4v) is 5.68. The zero-order valence-corrected chi connectivity index (χ0v) is 20.1. The van der Waals surface area contributed by atoms with Crippen LogP contribution < -0.4 is 5.32 Å². The molecule has 176 valence electrons. The predicted molar refractivity (Wildman–Crippen MR) is 129 cm³/mol. The van der Waals surface area contributed by atoms with Gasteiger partial charge >= 0.3 is 0 Å². The van der Waals surface area contributed by atoms with Gasteiger partial charge in [-0.1, -0.05) is 25.3 Å². The maximum Gasteiger partial charge on any atom is 0.255 e. The van der Waals surface area contributed by atoms with E-state index in [9.17, 15) is 14.4 Å². The van der Waals surface area contributed by atoms with Crippen molar-refractivity contribution >= 4 is 29.9 Å². The first-order chi connectivity index (χ1) is 15.6. The monoisotopic (exact) mass is 459 g/mol. The summed E-state index contributed by atoms with van der Waals surface area (Å²) >= 11 is 1.82. The van der Waals surface area contributed by atoms with Crippen LogP contribution in [-0.2, 0) is 16.1 Å². The highest BCUT2D eigenvalue weighted by molar-refractivity contribution is 7.99. The number of benzene rings is 1. The number of nitrogens with one attached hydrogen (secondary N) is 1. The quantitative estimate of drug-likeness (QED) is 0.260. The SMILES string of the molecule is CNC(=O)CCC(C=O)N1Cc2c(SCCCCCCCN3CCCC3)cccc2C1=O. The van der Waals surface area contributed by atoms with Crippen LogP contribution in [0.25, 0.3) is 0 Å². The highest BCUT2D eigenvalue weighted by atomic mass is 32.2. The number of amides is 2. The van der Waals surface area contributed by atoms with Crippen LogP contribution in [0.2, 0.25) is 0 Å². The van der Waals surface area contributed by atoms with Gasteiger partial charge < -0.3 is 19.9 Å². The number of carbonyl (C=O) groups excluding carboxylic acids is 3. The number of fused-ring (bicyclic) bond motifs is 1. The van der Waals surface area contributed by atoms with Crippen molar-refractivity contribution in [3.8, 4) is 0 Å². The molecule has 1 saturated heterocycles. The van der Waals surface area contributed by atoms with E-state index in [1.807, 2.05) is 23.9 Å². The van der Waals surface area contributed by atoms with Crippen LogP contribution in [0, 0.1) is 0 Å². The molecule has 0 spiro atoms. The number of hydrogen-bond acceptors (Lipinski definition) is 5. The van der Waals surface area contributed by atoms with Gasteiger partial charge in [-0.25, -0.2) is 0 Å². The fraction of sp³-hybridized carbons (Fsp3) is 0.640. The molecule has 1 aromatic rings. The number of likely N-dealkylation sites (tertiary alicyclic amines) is 1. The second-order valence-electron chi connectivity index (χ2n) is 8.80. The Morgan fingerprint density at radius 2 is 1.91 bits per heavy atom. The zero-order chi connectivity index (χ0) is 22.8. The number of unbranched alkanes of at least 4 members (excludes halogenated alkanes) is 4. The first-order valence-corrected chi connectivity index (χ1v) is 13.1. The normalized spacial score (nSPS) is 16.9. The molecule has 2 amide bonds. The minimum absolute atomic E-state index is 0.102. The molecule has 0 saturated carbocycles. The molecule has 0 radical (unpaired) electrons. The van der Waals surface area contributed by atoms with Crippen LogP contribution >= 0.6 is 11.8 Å². The van der Waals surface area contributed by atoms with Crippen molar-refractivity contribution in [2.75, 3.05) is 32.4 Å². The largest absolute Gasteiger partial charge is 0.359 e. The van der Waals surface area contributed by atoms with Crippen molar-refractivity contribution in [1.29, 1.82) is 0 Å². The van der Waals surface area contributed by atoms with Gasteiger partial charge in [0.1, 0.15) is 6.29 Å². The molecule has 1 fully saturated rings. The molecular weight excluding hydrogens is 422 g/mol. The number of aldehydes is 1. The highest BCUT2D eigenvalue weighted by Gasteiger charge is 2.34. The molecule has 0 bridgehead atoms. The van der Waals surface area contributed by atoms with Crippen molar-refractivity contribution < 1.29 is 14.4 Å². The Balaban J connectivity index is 1.41. The molecule has 2 heterocycles. The van der Waals surface area contributed by atoms with Gasteiger partial charge in [0.2, 0.25) is 5.91 Å². The number of hydrogen-bond donors (Lipinski definition) is 1. The first kappa shape index (κ1) is 24.8. The number of nitrogens with zero attached hydrogens (tertiary/aromatic N) is 2. The second-order valence-corrected chi connectivity index (χ2v) is 9.93. The molecule has 32 heavy (non-hydrogen) atoms. The molecule has 7 heteroatoms. The molecule has 0 aromatic heterocycles. The zero-order valence-electron chi connectivity index (χ0n) is 19.3. The second kappa shape index (κ2) is 13.0. The molecule has 2 aliphatic rings. The number of carbonyl (C=O) groups is 3. The lowest BCUT2D eigenvalue weighted by atomic mass is 10.1. The summed E-state index contributed by atoms with van der Waals surface area (Å²) in [6, 6.07) is 5.30. The maximum atomic E-state index is 12.9. The average Bonchev–Trinajstić information content (AvgIpc) is 3.44. The average molecular weight is 460 g/mol. The van der Waals surface area contributed by atoms with Crippen LogP contribution in [0.15, 0.2) is 23.1 Å². The molecular formula is C25H37N3O3S. The van der Waals surface area contributed by atoms with Gasteiger partial charge in [-0.05, 0) is 75.2 Å². The van der Waals surface area contributed by atoms with E-state index in [-0.39, 0.29) is 18.2 Å². The van der Waals surface area contributed by atoms with Crippen molar-refractivity contribution in [1.82, 2.24) is 15.1 Å². The third-order valence-corrected chi connectivity index (χ3v) is 7.72. The lowest BCUT2D eigenvalue weighted by Crippen LogP contribution is -2.37. The summed E-state index contributed by atoms with van der Waals surface area (Å²) in [5.41, 5.74) is 1.73. The van der Waals surface area contributed by atoms with E-state index in [4.69, 9.17) is 0 Å². The van der Waals surface area contributed by atoms with E-state index >= 15 is 0 Å². The highest BCUT2D eigenvalue weighted by Crippen LogP contribution is 2.34. The lowest BCUT2D eigenvalue weighted by Gasteiger charge is -2.22. The maximum absolute atomic E-state index is 12.9. The van der Waals surface area contributed by atoms with Crippen LogP contribution in [0.1, 0.15) is 73.7 Å². The van der Waals surface area contributed by atoms with E-state index < -0.39 is 6.04 Å². The van der Waals surface area contributed by atoms with Crippen molar-refractivity contribution in [3.63, 3.8) is 0 Å². The van der Waals surface area contributed by atoms with Gasteiger partial charge in [-0.2, -0.15) is 0 Å². The molecule has 1 N–H and O–H groups in total. The van der Waals surface area contributed by atoms with E-state index in [2.05, 4.69) is 16.3 Å². The number of rotatable bonds is 14. The van der Waals surface area contributed by atoms with Gasteiger partial charge in [-0.3, -0.25) is 9.59 Å². The Morgan fingerprint density at radius 1 is 1.16 bits per heavy atom. The van der Waals surface area contributed by atoms with E-state index in [0.717, 1.165) is 22.5 Å². The first-order valence-electron chi connectivity index (χ1n) is 12.1. The summed E-state index contributed by atoms with van der Waals surface area (Å²) in [7, 11) is 1.58. The van der Waals surface area contributed by atoms with E-state index in [0.29, 0.717) is 18.5 Å². The van der Waals surface area contributed by atoms with Gasteiger partial charge in [0, 0.05) is 30.5 Å². The van der Waals surface area contributed by atoms with Crippen molar-refractivity contribution in [2.24, 2.45) is 0 Å². The minimum atomic E-state index is -0.564. The van der Waals surface area contributed by atoms with Crippen molar-refractivity contribution in [3.05, 3.63) is 29.3 Å². The third-order valence-electron chi connectivity index (χ3n) is 6.53. The Bertz CT molecular complexity index is 780. The van der Waals surface area contributed by atoms with Gasteiger partial charge in [0.15, 0.2) is 0 Å². The summed E-state index contributed by atoms with van der Waals surface area (Å²) in [5, 5.41) is 2.57. The standard InChI is InChI=1S/C25H37N3O3S/c1-26-24(30)13-12-20(19-29)28-18-22-21(25(28)31)10-9-11-23(22)32-17-8-4-2-3-5-14-27-15-6-7-16-27/h9-11,19-20H,2-8,12-18H2,1H3,(H,26,30). The van der Waals surface area contributed by atoms with Crippen LogP contribution in [-0.4, -0.2) is 66.4 Å². The summed E-state index contributed by atoms with van der Waals surface area (Å²) in [6.07, 6.45) is 10.5. The molecule has 1 aromatic carbocycles. The van der Waals surface area contributed by atoms with E-state index in [1.165, 1.54) is 64.6 Å². The van der Waals surface area contributed by atoms with E-state index in [1.54, 1.807) is 11.9 Å². The smallest absolute Gasteiger partial charge is 0.255 e. The molecule has 1 unspecified atom stereocenters. The van der Waals surface area contributed by atoms with Crippen LogP contribution in [0.4, 0.5) is 0 Å². The third kappa shape index (κ3) is 6.82. The molecule has 2 aliphatic heterocycles. The summed E-state index contributed by atoms with van der Waals surface area (Å²) in [4.78, 5) is 41.4. The molecule has 1 atom stereocenters. The summed E-state index contributed by atoms with van der Waals surface area (Å²) < 4.78 is 0. The summed E-state index contributed by atoms with van der Waals surface area (Å²) in [6.45, 7) is 4.30. The summed E-state index contributed by atoms with van der Waals surface area (Å²) in [5.74, 6) is 0.827. The van der Waals surface area contributed by atoms with Gasteiger partial charge in [-0.15, -0.1) is 11.8 Å². The lowest BCUT2D eigenvalue weighted by molar-refractivity contribution is -0.121. The predicted octanol–water partition coefficient (Wildman–Crippen LogP) is 3.87. The molecule has 3 rings (SSSR count). The van der Waals surface area contributed by atoms with Gasteiger partial charge in [0.25, 0.3) is 5.91 Å². The van der Waals surface area contributed by atoms with Crippen molar-refractivity contribution in [2.45, 2.75) is 75.3 Å². The van der Waals surface area contributed by atoms with Crippen LogP contribution in [0.3, 0.4) is 0 Å². The Hall–Kier alpha value is -1.86. The van der Waals surface area contributed by atoms with Crippen LogP contribution in [0.5, 0.6) is 0 Å². The Morgan fingerprint density at radius 3 is 2.66 bits per heavy atom. The number of thioether (sulfide) groups is 1. The Labute approximate surface area is 196 Å². The Kier molecular flexibility index (Phi) is 10.1. The van der Waals surface area contributed by atoms with Gasteiger partial charge in [0.05, 0.1) is 6.04 Å². The molecule has 6 nitrogen and oxygen atoms in total.